The van der Waals surface area contributed by atoms with Crippen molar-refractivity contribution in [2.45, 2.75) is 13.3 Å². The molecule has 0 fully saturated rings. The Hall–Kier alpha value is -1.91. The molecule has 1 unspecified atom stereocenters. The summed E-state index contributed by atoms with van der Waals surface area (Å²) < 4.78 is 22.7. The van der Waals surface area contributed by atoms with Gasteiger partial charge in [0, 0.05) is 0 Å². The molecule has 18 heavy (non-hydrogen) atoms. The van der Waals surface area contributed by atoms with Gasteiger partial charge in [0.05, 0.1) is 19.8 Å². The fourth-order valence-corrected chi connectivity index (χ4v) is 1.66. The first kappa shape index (κ1) is 14.2. The van der Waals surface area contributed by atoms with Crippen LogP contribution in [0.2, 0.25) is 0 Å². The fraction of sp³-hybridized carbons (Fsp3) is 0.385. The van der Waals surface area contributed by atoms with Crippen LogP contribution >= 0.6 is 0 Å². The maximum absolute atomic E-state index is 13.2. The molecule has 0 spiro atoms. The Kier molecular flexibility index (Phi) is 4.83. The highest BCUT2D eigenvalue weighted by molar-refractivity contribution is 6.10. The molecule has 1 aromatic carbocycles. The third kappa shape index (κ3) is 2.85. The Morgan fingerprint density at radius 2 is 2.00 bits per heavy atom. The lowest BCUT2D eigenvalue weighted by atomic mass is 9.94. The molecule has 1 atom stereocenters. The van der Waals surface area contributed by atoms with E-state index >= 15 is 0 Å². The number of hydrogen-bond donors (Lipinski definition) is 0. The van der Waals surface area contributed by atoms with Crippen molar-refractivity contribution in [1.29, 1.82) is 0 Å². The number of Topliss-reactive ketones (excluding diaryl/α,β-unsaturated/α-hetero) is 1. The Labute approximate surface area is 105 Å². The van der Waals surface area contributed by atoms with Gasteiger partial charge in [-0.1, -0.05) is 6.92 Å². The van der Waals surface area contributed by atoms with E-state index in [9.17, 15) is 14.0 Å². The smallest absolute Gasteiger partial charge is 0.316 e. The molecule has 1 rings (SSSR count). The first-order valence-corrected chi connectivity index (χ1v) is 5.50. The number of carbonyl (C=O) groups is 2. The molecule has 4 nitrogen and oxygen atoms in total. The van der Waals surface area contributed by atoms with Crippen LogP contribution in [0.5, 0.6) is 5.75 Å². The highest BCUT2D eigenvalue weighted by atomic mass is 19.1. The molecular weight excluding hydrogens is 239 g/mol. The Bertz CT molecular complexity index is 456. The molecule has 0 N–H and O–H groups in total. The average Bonchev–Trinajstić information content (AvgIpc) is 2.39. The van der Waals surface area contributed by atoms with E-state index in [1.54, 1.807) is 6.92 Å². The van der Waals surface area contributed by atoms with Crippen molar-refractivity contribution in [1.82, 2.24) is 0 Å². The summed E-state index contributed by atoms with van der Waals surface area (Å²) in [5.74, 6) is -2.39. The molecule has 98 valence electrons. The fourth-order valence-electron chi connectivity index (χ4n) is 1.66. The zero-order valence-corrected chi connectivity index (χ0v) is 10.5. The molecule has 0 aliphatic heterocycles. The van der Waals surface area contributed by atoms with Crippen LogP contribution in [0.15, 0.2) is 18.2 Å². The molecule has 0 radical (unpaired) electrons. The van der Waals surface area contributed by atoms with Gasteiger partial charge in [0.2, 0.25) is 0 Å². The molecular formula is C13H15FO4. The highest BCUT2D eigenvalue weighted by Gasteiger charge is 2.29. The van der Waals surface area contributed by atoms with Gasteiger partial charge >= 0.3 is 5.97 Å². The maximum Gasteiger partial charge on any atom is 0.316 e. The summed E-state index contributed by atoms with van der Waals surface area (Å²) in [5, 5.41) is 0. The van der Waals surface area contributed by atoms with Crippen LogP contribution < -0.4 is 4.74 Å². The summed E-state index contributed by atoms with van der Waals surface area (Å²) in [4.78, 5) is 23.6. The quantitative estimate of drug-likeness (QED) is 0.459. The third-order valence-electron chi connectivity index (χ3n) is 2.64. The summed E-state index contributed by atoms with van der Waals surface area (Å²) in [6, 6.07) is 3.61. The highest BCUT2D eigenvalue weighted by Crippen LogP contribution is 2.24. The Morgan fingerprint density at radius 1 is 1.33 bits per heavy atom. The molecule has 0 heterocycles. The Balaban J connectivity index is 3.15. The monoisotopic (exact) mass is 254 g/mol. The predicted molar refractivity (Wildman–Crippen MR) is 63.1 cm³/mol. The van der Waals surface area contributed by atoms with E-state index in [4.69, 9.17) is 4.74 Å². The standard InChI is InChI=1S/C13H15FO4/c1-4-9(13(16)18-3)12(15)10-7-8(14)5-6-11(10)17-2/h5-7,9H,4H2,1-3H3. The van der Waals surface area contributed by atoms with Crippen molar-refractivity contribution < 1.29 is 23.5 Å². The molecule has 0 amide bonds. The maximum atomic E-state index is 13.2. The first-order chi connectivity index (χ1) is 8.54. The van der Waals surface area contributed by atoms with Gasteiger partial charge in [0.15, 0.2) is 5.78 Å². The van der Waals surface area contributed by atoms with Crippen molar-refractivity contribution in [3.8, 4) is 5.75 Å². The minimum absolute atomic E-state index is 0.0507. The van der Waals surface area contributed by atoms with Crippen molar-refractivity contribution in [2.24, 2.45) is 5.92 Å². The van der Waals surface area contributed by atoms with E-state index in [-0.39, 0.29) is 17.7 Å². The van der Waals surface area contributed by atoms with Crippen molar-refractivity contribution >= 4 is 11.8 Å². The SMILES string of the molecule is CCC(C(=O)OC)C(=O)c1cc(F)ccc1OC. The predicted octanol–water partition coefficient (Wildman–Crippen LogP) is 2.22. The lowest BCUT2D eigenvalue weighted by Gasteiger charge is -2.13. The summed E-state index contributed by atoms with van der Waals surface area (Å²) >= 11 is 0. The van der Waals surface area contributed by atoms with E-state index in [0.29, 0.717) is 0 Å². The Morgan fingerprint density at radius 3 is 2.50 bits per heavy atom. The van der Waals surface area contributed by atoms with E-state index in [1.807, 2.05) is 0 Å². The molecule has 0 saturated carbocycles. The van der Waals surface area contributed by atoms with Gasteiger partial charge in [-0.3, -0.25) is 9.59 Å². The van der Waals surface area contributed by atoms with Gasteiger partial charge in [-0.15, -0.1) is 0 Å². The molecule has 0 bridgehead atoms. The first-order valence-electron chi connectivity index (χ1n) is 5.50. The second-order valence-corrected chi connectivity index (χ2v) is 3.69. The molecule has 0 aliphatic rings. The van der Waals surface area contributed by atoms with Crippen LogP contribution in [-0.2, 0) is 9.53 Å². The van der Waals surface area contributed by atoms with Crippen molar-refractivity contribution in [3.63, 3.8) is 0 Å². The van der Waals surface area contributed by atoms with Gasteiger partial charge in [-0.05, 0) is 24.6 Å². The van der Waals surface area contributed by atoms with Crippen LogP contribution in [0.25, 0.3) is 0 Å². The molecule has 0 saturated heterocycles. The molecule has 0 aromatic heterocycles. The average molecular weight is 254 g/mol. The normalized spacial score (nSPS) is 11.8. The molecule has 0 aliphatic carbocycles. The number of esters is 1. The number of ketones is 1. The third-order valence-corrected chi connectivity index (χ3v) is 2.64. The summed E-state index contributed by atoms with van der Waals surface area (Å²) in [6.45, 7) is 1.69. The zero-order valence-electron chi connectivity index (χ0n) is 10.5. The number of halogens is 1. The number of benzene rings is 1. The lowest BCUT2D eigenvalue weighted by Crippen LogP contribution is -2.25. The van der Waals surface area contributed by atoms with Gasteiger partial charge in [0.25, 0.3) is 0 Å². The summed E-state index contributed by atoms with van der Waals surface area (Å²) in [7, 11) is 2.59. The van der Waals surface area contributed by atoms with Crippen LogP contribution in [-0.4, -0.2) is 26.0 Å². The minimum atomic E-state index is -0.939. The molecule has 1 aromatic rings. The van der Waals surface area contributed by atoms with Crippen molar-refractivity contribution in [2.75, 3.05) is 14.2 Å². The van der Waals surface area contributed by atoms with E-state index in [1.165, 1.54) is 26.4 Å². The minimum Gasteiger partial charge on any atom is -0.496 e. The van der Waals surface area contributed by atoms with Gasteiger partial charge in [-0.25, -0.2) is 4.39 Å². The topological polar surface area (TPSA) is 52.6 Å². The van der Waals surface area contributed by atoms with Crippen LogP contribution in [0, 0.1) is 11.7 Å². The van der Waals surface area contributed by atoms with Crippen molar-refractivity contribution in [3.05, 3.63) is 29.6 Å². The number of methoxy groups -OCH3 is 2. The van der Waals surface area contributed by atoms with Crippen LogP contribution in [0.3, 0.4) is 0 Å². The van der Waals surface area contributed by atoms with E-state index < -0.39 is 23.5 Å². The summed E-state index contributed by atoms with van der Waals surface area (Å²) in [6.07, 6.45) is 0.283. The van der Waals surface area contributed by atoms with Crippen LogP contribution in [0.4, 0.5) is 4.39 Å². The second-order valence-electron chi connectivity index (χ2n) is 3.69. The number of ether oxygens (including phenoxy) is 2. The zero-order chi connectivity index (χ0) is 13.7. The number of rotatable bonds is 5. The van der Waals surface area contributed by atoms with E-state index in [0.717, 1.165) is 6.07 Å². The van der Waals surface area contributed by atoms with E-state index in [2.05, 4.69) is 4.74 Å². The number of carbonyl (C=O) groups excluding carboxylic acids is 2. The van der Waals surface area contributed by atoms with Crippen LogP contribution in [0.1, 0.15) is 23.7 Å². The largest absolute Gasteiger partial charge is 0.496 e. The number of hydrogen-bond acceptors (Lipinski definition) is 4. The second kappa shape index (κ2) is 6.14. The van der Waals surface area contributed by atoms with Gasteiger partial charge in [0.1, 0.15) is 17.5 Å². The van der Waals surface area contributed by atoms with Gasteiger partial charge < -0.3 is 9.47 Å². The van der Waals surface area contributed by atoms with Gasteiger partial charge in [-0.2, -0.15) is 0 Å². The molecule has 5 heteroatoms. The lowest BCUT2D eigenvalue weighted by molar-refractivity contribution is -0.143. The summed E-state index contributed by atoms with van der Waals surface area (Å²) in [5.41, 5.74) is 0.0507.